The lowest BCUT2D eigenvalue weighted by Gasteiger charge is -2.03. The average Bonchev–Trinajstić information content (AvgIpc) is 2.26. The highest BCUT2D eigenvalue weighted by molar-refractivity contribution is 6.33. The third-order valence-corrected chi connectivity index (χ3v) is 2.14. The fourth-order valence-electron chi connectivity index (χ4n) is 0.901. The van der Waals surface area contributed by atoms with Gasteiger partial charge in [0.05, 0.1) is 11.6 Å². The molecule has 1 rings (SSSR count). The number of ketones is 1. The maximum atomic E-state index is 11.5. The molecule has 0 saturated heterocycles. The number of aromatic nitrogens is 1. The summed E-state index contributed by atoms with van der Waals surface area (Å²) in [5.74, 6) is -0.931. The van der Waals surface area contributed by atoms with Crippen molar-refractivity contribution in [2.45, 2.75) is 0 Å². The van der Waals surface area contributed by atoms with E-state index in [4.69, 9.17) is 23.2 Å². The predicted molar refractivity (Wildman–Crippen MR) is 57.3 cm³/mol. The molecule has 0 aromatic carbocycles. The van der Waals surface area contributed by atoms with Crippen LogP contribution in [-0.2, 0) is 4.79 Å². The molecular weight excluding hydrogens is 239 g/mol. The normalized spacial score (nSPS) is 9.73. The van der Waals surface area contributed by atoms with Crippen LogP contribution in [0, 0.1) is 0 Å². The molecule has 0 unspecified atom stereocenters. The van der Waals surface area contributed by atoms with Gasteiger partial charge in [-0.2, -0.15) is 0 Å². The molecule has 0 atom stereocenters. The number of amides is 1. The summed E-state index contributed by atoms with van der Waals surface area (Å²) in [5.41, 5.74) is 0.147. The number of hydrogen-bond donors (Lipinski definition) is 1. The van der Waals surface area contributed by atoms with Gasteiger partial charge in [0.25, 0.3) is 0 Å². The lowest BCUT2D eigenvalue weighted by molar-refractivity contribution is -0.118. The van der Waals surface area contributed by atoms with Crippen molar-refractivity contribution in [1.29, 1.82) is 0 Å². The van der Waals surface area contributed by atoms with Crippen LogP contribution in [0.25, 0.3) is 0 Å². The van der Waals surface area contributed by atoms with Gasteiger partial charge in [-0.3, -0.25) is 14.6 Å². The van der Waals surface area contributed by atoms with E-state index in [2.05, 4.69) is 10.3 Å². The summed E-state index contributed by atoms with van der Waals surface area (Å²) in [6.07, 6.45) is 1.46. The first-order valence-electron chi connectivity index (χ1n) is 4.11. The zero-order chi connectivity index (χ0) is 11.3. The minimum absolute atomic E-state index is 0.147. The quantitative estimate of drug-likeness (QED) is 0.643. The highest BCUT2D eigenvalue weighted by Crippen LogP contribution is 2.11. The molecule has 0 aliphatic heterocycles. The summed E-state index contributed by atoms with van der Waals surface area (Å²) in [6.45, 7) is -0.151. The first-order valence-corrected chi connectivity index (χ1v) is 5.02. The monoisotopic (exact) mass is 246 g/mol. The van der Waals surface area contributed by atoms with Crippen molar-refractivity contribution >= 4 is 34.9 Å². The number of halogens is 2. The number of nitrogens with one attached hydrogen (secondary N) is 1. The fraction of sp³-hybridized carbons (Fsp3) is 0.222. The van der Waals surface area contributed by atoms with E-state index in [0.717, 1.165) is 0 Å². The first kappa shape index (κ1) is 11.9. The molecule has 1 heterocycles. The lowest BCUT2D eigenvalue weighted by Crippen LogP contribution is -2.30. The summed E-state index contributed by atoms with van der Waals surface area (Å²) in [5, 5.41) is 2.61. The van der Waals surface area contributed by atoms with Gasteiger partial charge in [-0.25, -0.2) is 0 Å². The van der Waals surface area contributed by atoms with E-state index in [9.17, 15) is 9.59 Å². The van der Waals surface area contributed by atoms with Crippen LogP contribution in [0.4, 0.5) is 0 Å². The maximum Gasteiger partial charge on any atom is 0.235 e. The molecule has 0 aliphatic carbocycles. The van der Waals surface area contributed by atoms with Gasteiger partial charge in [-0.05, 0) is 12.1 Å². The minimum atomic E-state index is -0.405. The van der Waals surface area contributed by atoms with Crippen LogP contribution in [0.2, 0.25) is 5.02 Å². The topological polar surface area (TPSA) is 59.1 Å². The number of hydrogen-bond acceptors (Lipinski definition) is 3. The van der Waals surface area contributed by atoms with Gasteiger partial charge in [0.2, 0.25) is 11.7 Å². The number of pyridine rings is 1. The van der Waals surface area contributed by atoms with Crippen molar-refractivity contribution in [2.75, 3.05) is 12.4 Å². The Kier molecular flexibility index (Phi) is 4.52. The van der Waals surface area contributed by atoms with Gasteiger partial charge < -0.3 is 5.32 Å². The Morgan fingerprint density at radius 2 is 2.20 bits per heavy atom. The van der Waals surface area contributed by atoms with E-state index in [1.54, 1.807) is 12.1 Å². The van der Waals surface area contributed by atoms with E-state index in [1.807, 2.05) is 0 Å². The summed E-state index contributed by atoms with van der Waals surface area (Å²) in [7, 11) is 0. The molecule has 0 saturated carbocycles. The summed E-state index contributed by atoms with van der Waals surface area (Å²) >= 11 is 11.0. The molecule has 0 spiro atoms. The standard InChI is InChI=1S/C9H8Cl2N2O2/c10-4-8(15)13-5-7(14)9-6(11)2-1-3-12-9/h1-3H,4-5H2,(H,13,15). The molecule has 1 amide bonds. The van der Waals surface area contributed by atoms with Crippen molar-refractivity contribution in [3.05, 3.63) is 29.0 Å². The molecule has 1 N–H and O–H groups in total. The molecule has 4 nitrogen and oxygen atoms in total. The van der Waals surface area contributed by atoms with Gasteiger partial charge in [0.15, 0.2) is 0 Å². The largest absolute Gasteiger partial charge is 0.348 e. The zero-order valence-corrected chi connectivity index (χ0v) is 9.18. The molecular formula is C9H8Cl2N2O2. The molecule has 80 valence electrons. The fourth-order valence-corrected chi connectivity index (χ4v) is 1.22. The second kappa shape index (κ2) is 5.68. The number of Topliss-reactive ketones (excluding diaryl/α,β-unsaturated/α-hetero) is 1. The van der Waals surface area contributed by atoms with Crippen molar-refractivity contribution in [2.24, 2.45) is 0 Å². The molecule has 0 fully saturated rings. The van der Waals surface area contributed by atoms with E-state index in [1.165, 1.54) is 6.20 Å². The molecule has 6 heteroatoms. The SMILES string of the molecule is O=C(CCl)NCC(=O)c1ncccc1Cl. The van der Waals surface area contributed by atoms with E-state index in [-0.39, 0.29) is 28.9 Å². The predicted octanol–water partition coefficient (Wildman–Crippen LogP) is 1.27. The first-order chi connectivity index (χ1) is 7.15. The van der Waals surface area contributed by atoms with Gasteiger partial charge in [0.1, 0.15) is 11.6 Å². The van der Waals surface area contributed by atoms with Crippen LogP contribution in [-0.4, -0.2) is 29.1 Å². The Labute approximate surface area is 96.6 Å². The highest BCUT2D eigenvalue weighted by Gasteiger charge is 2.11. The van der Waals surface area contributed by atoms with Crippen LogP contribution in [0.15, 0.2) is 18.3 Å². The third-order valence-electron chi connectivity index (χ3n) is 1.59. The lowest BCUT2D eigenvalue weighted by atomic mass is 10.2. The van der Waals surface area contributed by atoms with Crippen molar-refractivity contribution in [3.63, 3.8) is 0 Å². The summed E-state index contributed by atoms with van der Waals surface area (Å²) < 4.78 is 0. The number of carbonyl (C=O) groups excluding carboxylic acids is 2. The third kappa shape index (κ3) is 3.49. The zero-order valence-electron chi connectivity index (χ0n) is 7.67. The second-order valence-corrected chi connectivity index (χ2v) is 3.34. The Morgan fingerprint density at radius 3 is 2.80 bits per heavy atom. The molecule has 1 aromatic rings. The minimum Gasteiger partial charge on any atom is -0.348 e. The van der Waals surface area contributed by atoms with Crippen molar-refractivity contribution in [3.8, 4) is 0 Å². The average molecular weight is 247 g/mol. The van der Waals surface area contributed by atoms with Crippen LogP contribution < -0.4 is 5.32 Å². The number of nitrogens with zero attached hydrogens (tertiary/aromatic N) is 1. The molecule has 1 aromatic heterocycles. The van der Waals surface area contributed by atoms with E-state index in [0.29, 0.717) is 0 Å². The number of alkyl halides is 1. The number of carbonyl (C=O) groups is 2. The van der Waals surface area contributed by atoms with Crippen LogP contribution >= 0.6 is 23.2 Å². The van der Waals surface area contributed by atoms with E-state index >= 15 is 0 Å². The molecule has 0 radical (unpaired) electrons. The second-order valence-electron chi connectivity index (χ2n) is 2.67. The van der Waals surface area contributed by atoms with Crippen molar-refractivity contribution < 1.29 is 9.59 Å². The Bertz CT molecular complexity index is 382. The van der Waals surface area contributed by atoms with Crippen LogP contribution in [0.5, 0.6) is 0 Å². The van der Waals surface area contributed by atoms with Crippen LogP contribution in [0.3, 0.4) is 0 Å². The maximum absolute atomic E-state index is 11.5. The van der Waals surface area contributed by atoms with Gasteiger partial charge in [-0.15, -0.1) is 11.6 Å². The summed E-state index contributed by atoms with van der Waals surface area (Å²) in [4.78, 5) is 26.1. The summed E-state index contributed by atoms with van der Waals surface area (Å²) in [6, 6.07) is 3.18. The Hall–Kier alpha value is -1.13. The van der Waals surface area contributed by atoms with Gasteiger partial charge >= 0.3 is 0 Å². The van der Waals surface area contributed by atoms with Gasteiger partial charge in [-0.1, -0.05) is 11.6 Å². The Morgan fingerprint density at radius 1 is 1.47 bits per heavy atom. The smallest absolute Gasteiger partial charge is 0.235 e. The van der Waals surface area contributed by atoms with Crippen molar-refractivity contribution in [1.82, 2.24) is 10.3 Å². The van der Waals surface area contributed by atoms with Crippen LogP contribution in [0.1, 0.15) is 10.5 Å². The van der Waals surface area contributed by atoms with Gasteiger partial charge in [0, 0.05) is 6.20 Å². The highest BCUT2D eigenvalue weighted by atomic mass is 35.5. The molecule has 0 aliphatic rings. The Balaban J connectivity index is 2.62. The number of rotatable bonds is 4. The molecule has 0 bridgehead atoms. The van der Waals surface area contributed by atoms with E-state index < -0.39 is 5.91 Å². The molecule has 15 heavy (non-hydrogen) atoms.